The van der Waals surface area contributed by atoms with Crippen molar-refractivity contribution in [3.05, 3.63) is 53.6 Å². The fourth-order valence-electron chi connectivity index (χ4n) is 2.91. The second kappa shape index (κ2) is 6.28. The van der Waals surface area contributed by atoms with Gasteiger partial charge in [0.15, 0.2) is 11.5 Å². The summed E-state index contributed by atoms with van der Waals surface area (Å²) in [4.78, 5) is 0. The first-order valence-electron chi connectivity index (χ1n) is 7.37. The number of phenolic OH excluding ortho intramolecular Hbond substituents is 1. The first-order valence-corrected chi connectivity index (χ1v) is 7.37. The van der Waals surface area contributed by atoms with Crippen LogP contribution in [0.2, 0.25) is 0 Å². The molecule has 1 saturated heterocycles. The summed E-state index contributed by atoms with van der Waals surface area (Å²) >= 11 is 0. The van der Waals surface area contributed by atoms with E-state index in [1.165, 1.54) is 0 Å². The number of hydrogen-bond acceptors (Lipinski definition) is 4. The summed E-state index contributed by atoms with van der Waals surface area (Å²) in [5.41, 5.74) is 2.10. The van der Waals surface area contributed by atoms with Gasteiger partial charge >= 0.3 is 0 Å². The van der Waals surface area contributed by atoms with Gasteiger partial charge in [0.1, 0.15) is 5.75 Å². The van der Waals surface area contributed by atoms with Crippen LogP contribution in [0.25, 0.3) is 0 Å². The maximum absolute atomic E-state index is 9.60. The van der Waals surface area contributed by atoms with E-state index in [4.69, 9.17) is 14.2 Å². The number of aromatic hydroxyl groups is 1. The first-order chi connectivity index (χ1) is 10.7. The molecule has 0 amide bonds. The molecule has 1 fully saturated rings. The van der Waals surface area contributed by atoms with Crippen molar-refractivity contribution >= 4 is 0 Å². The average Bonchev–Trinajstić information content (AvgIpc) is 3.04. The van der Waals surface area contributed by atoms with Gasteiger partial charge in [0, 0.05) is 0 Å². The topological polar surface area (TPSA) is 47.9 Å². The third-order valence-electron chi connectivity index (χ3n) is 4.04. The van der Waals surface area contributed by atoms with E-state index >= 15 is 0 Å². The number of phenols is 1. The Balaban J connectivity index is 1.78. The van der Waals surface area contributed by atoms with E-state index in [0.717, 1.165) is 24.0 Å². The van der Waals surface area contributed by atoms with E-state index in [1.54, 1.807) is 26.4 Å². The molecule has 1 heterocycles. The molecule has 116 valence electrons. The molecule has 3 rings (SSSR count). The zero-order chi connectivity index (χ0) is 15.5. The third-order valence-corrected chi connectivity index (χ3v) is 4.04. The van der Waals surface area contributed by atoms with Crippen molar-refractivity contribution in [3.63, 3.8) is 0 Å². The lowest BCUT2D eigenvalue weighted by Crippen LogP contribution is -2.00. The van der Waals surface area contributed by atoms with Crippen LogP contribution in [0.5, 0.6) is 17.2 Å². The van der Waals surface area contributed by atoms with Gasteiger partial charge in [0.2, 0.25) is 0 Å². The van der Waals surface area contributed by atoms with Crippen LogP contribution in [-0.4, -0.2) is 19.3 Å². The van der Waals surface area contributed by atoms with Crippen LogP contribution in [0, 0.1) is 0 Å². The Morgan fingerprint density at radius 1 is 0.909 bits per heavy atom. The minimum Gasteiger partial charge on any atom is -0.508 e. The molecule has 2 aromatic carbocycles. The molecule has 1 N–H and O–H groups in total. The van der Waals surface area contributed by atoms with Crippen molar-refractivity contribution in [2.75, 3.05) is 14.2 Å². The summed E-state index contributed by atoms with van der Waals surface area (Å²) in [5, 5.41) is 9.60. The summed E-state index contributed by atoms with van der Waals surface area (Å²) in [5.74, 6) is 1.70. The number of rotatable bonds is 4. The van der Waals surface area contributed by atoms with E-state index in [-0.39, 0.29) is 18.0 Å². The highest BCUT2D eigenvalue weighted by molar-refractivity contribution is 5.43. The quantitative estimate of drug-likeness (QED) is 0.927. The molecule has 4 heteroatoms. The lowest BCUT2D eigenvalue weighted by Gasteiger charge is -2.16. The van der Waals surface area contributed by atoms with Crippen LogP contribution in [-0.2, 0) is 4.74 Å². The molecule has 0 aliphatic carbocycles. The predicted molar refractivity (Wildman–Crippen MR) is 83.5 cm³/mol. The number of benzene rings is 2. The van der Waals surface area contributed by atoms with Crippen LogP contribution >= 0.6 is 0 Å². The van der Waals surface area contributed by atoms with E-state index in [2.05, 4.69) is 0 Å². The summed E-state index contributed by atoms with van der Waals surface area (Å²) in [6.45, 7) is 0. The molecule has 0 bridgehead atoms. The van der Waals surface area contributed by atoms with Gasteiger partial charge in [0.25, 0.3) is 0 Å². The molecule has 0 radical (unpaired) electrons. The maximum atomic E-state index is 9.60. The van der Waals surface area contributed by atoms with Crippen LogP contribution < -0.4 is 9.47 Å². The second-order valence-corrected chi connectivity index (χ2v) is 5.40. The zero-order valence-electron chi connectivity index (χ0n) is 12.8. The minimum atomic E-state index is 0.0187. The Morgan fingerprint density at radius 3 is 2.23 bits per heavy atom. The molecule has 2 atom stereocenters. The van der Waals surface area contributed by atoms with Gasteiger partial charge in [-0.3, -0.25) is 0 Å². The molecule has 0 spiro atoms. The molecule has 2 aromatic rings. The van der Waals surface area contributed by atoms with Gasteiger partial charge in [-0.2, -0.15) is 0 Å². The molecule has 1 aliphatic heterocycles. The van der Waals surface area contributed by atoms with E-state index in [1.807, 2.05) is 30.3 Å². The van der Waals surface area contributed by atoms with E-state index < -0.39 is 0 Å². The smallest absolute Gasteiger partial charge is 0.161 e. The van der Waals surface area contributed by atoms with Crippen molar-refractivity contribution in [1.82, 2.24) is 0 Å². The lowest BCUT2D eigenvalue weighted by molar-refractivity contribution is 0.0438. The Labute approximate surface area is 130 Å². The second-order valence-electron chi connectivity index (χ2n) is 5.40. The number of methoxy groups -OCH3 is 2. The van der Waals surface area contributed by atoms with Gasteiger partial charge in [-0.15, -0.1) is 0 Å². The highest BCUT2D eigenvalue weighted by Gasteiger charge is 2.28. The van der Waals surface area contributed by atoms with Gasteiger partial charge < -0.3 is 19.3 Å². The van der Waals surface area contributed by atoms with Gasteiger partial charge in [-0.25, -0.2) is 0 Å². The van der Waals surface area contributed by atoms with Gasteiger partial charge in [0.05, 0.1) is 26.4 Å². The molecular formula is C18H20O4. The number of hydrogen-bond donors (Lipinski definition) is 1. The van der Waals surface area contributed by atoms with Crippen molar-refractivity contribution in [2.45, 2.75) is 25.0 Å². The van der Waals surface area contributed by atoms with Crippen molar-refractivity contribution < 1.29 is 19.3 Å². The summed E-state index contributed by atoms with van der Waals surface area (Å²) in [6.07, 6.45) is 1.93. The summed E-state index contributed by atoms with van der Waals surface area (Å²) in [6, 6.07) is 13.1. The largest absolute Gasteiger partial charge is 0.508 e. The van der Waals surface area contributed by atoms with Crippen molar-refractivity contribution in [3.8, 4) is 17.2 Å². The summed E-state index contributed by atoms with van der Waals surface area (Å²) in [7, 11) is 3.26. The van der Waals surface area contributed by atoms with Crippen LogP contribution in [0.15, 0.2) is 42.5 Å². The summed E-state index contributed by atoms with van der Waals surface area (Å²) < 4.78 is 16.8. The Hall–Kier alpha value is -2.20. The third kappa shape index (κ3) is 2.88. The molecule has 4 nitrogen and oxygen atoms in total. The maximum Gasteiger partial charge on any atom is 0.161 e. The Morgan fingerprint density at radius 2 is 1.59 bits per heavy atom. The Bertz CT molecular complexity index is 653. The zero-order valence-corrected chi connectivity index (χ0v) is 12.8. The SMILES string of the molecule is COc1ccc(C2CCC(c3cccc(O)c3)O2)cc1OC. The molecule has 1 aliphatic rings. The predicted octanol–water partition coefficient (Wildman–Crippen LogP) is 4.00. The number of ether oxygens (including phenoxy) is 3. The minimum absolute atomic E-state index is 0.0187. The highest BCUT2D eigenvalue weighted by Crippen LogP contribution is 2.43. The van der Waals surface area contributed by atoms with Crippen LogP contribution in [0.3, 0.4) is 0 Å². The standard InChI is InChI=1S/C18H20O4/c1-20-17-7-6-13(11-18(17)21-2)16-9-8-15(22-16)12-4-3-5-14(19)10-12/h3-7,10-11,15-16,19H,8-9H2,1-2H3. The monoisotopic (exact) mass is 300 g/mol. The van der Waals surface area contributed by atoms with Gasteiger partial charge in [-0.05, 0) is 48.2 Å². The molecule has 0 aromatic heterocycles. The Kier molecular flexibility index (Phi) is 4.20. The van der Waals surface area contributed by atoms with E-state index in [0.29, 0.717) is 11.5 Å². The van der Waals surface area contributed by atoms with Crippen molar-refractivity contribution in [2.24, 2.45) is 0 Å². The fraction of sp³-hybridized carbons (Fsp3) is 0.333. The molecule has 22 heavy (non-hydrogen) atoms. The lowest BCUT2D eigenvalue weighted by atomic mass is 10.0. The highest BCUT2D eigenvalue weighted by atomic mass is 16.5. The van der Waals surface area contributed by atoms with Gasteiger partial charge in [-0.1, -0.05) is 18.2 Å². The first kappa shape index (κ1) is 14.7. The average molecular weight is 300 g/mol. The molecule has 2 unspecified atom stereocenters. The van der Waals surface area contributed by atoms with Crippen LogP contribution in [0.1, 0.15) is 36.2 Å². The van der Waals surface area contributed by atoms with Crippen molar-refractivity contribution in [1.29, 1.82) is 0 Å². The van der Waals surface area contributed by atoms with E-state index in [9.17, 15) is 5.11 Å². The normalized spacial score (nSPS) is 20.8. The molecular weight excluding hydrogens is 280 g/mol. The molecule has 0 saturated carbocycles. The fourth-order valence-corrected chi connectivity index (χ4v) is 2.91. The van der Waals surface area contributed by atoms with Crippen LogP contribution in [0.4, 0.5) is 0 Å².